The number of hydrogen-bond donors (Lipinski definition) is 2. The smallest absolute Gasteiger partial charge is 0.152 e. The van der Waals surface area contributed by atoms with E-state index in [2.05, 4.69) is 0 Å². The van der Waals surface area contributed by atoms with E-state index >= 15 is 0 Å². The van der Waals surface area contributed by atoms with Crippen molar-refractivity contribution in [2.45, 2.75) is 26.7 Å². The molecule has 78 valence electrons. The Morgan fingerprint density at radius 2 is 1.15 bits per heavy atom. The topological polar surface area (TPSA) is 74.6 Å². The van der Waals surface area contributed by atoms with Crippen molar-refractivity contribution < 1.29 is 37.0 Å². The molecule has 0 rings (SSSR count). The Hall–Kier alpha value is 0.843. The van der Waals surface area contributed by atoms with Crippen molar-refractivity contribution in [2.75, 3.05) is 11.5 Å². The van der Waals surface area contributed by atoms with Crippen molar-refractivity contribution in [2.24, 2.45) is 0 Å². The standard InChI is InChI=1S/2C3H8O2S.Zn/c2*1-2-3-6(4)5;/h2*2-3H2,1H3,(H,4,5);. The Morgan fingerprint density at radius 3 is 1.15 bits per heavy atom. The molecule has 0 spiro atoms. The van der Waals surface area contributed by atoms with Gasteiger partial charge in [-0.1, -0.05) is 13.8 Å². The molecule has 0 aromatic carbocycles. The minimum atomic E-state index is -1.57. The Kier molecular flexibility index (Phi) is 22.9. The maximum absolute atomic E-state index is 9.71. The third-order valence-corrected chi connectivity index (χ3v) is 2.27. The molecule has 2 unspecified atom stereocenters. The first kappa shape index (κ1) is 19.4. The van der Waals surface area contributed by atoms with Crippen LogP contribution in [-0.2, 0) is 41.6 Å². The van der Waals surface area contributed by atoms with Crippen LogP contribution in [0.4, 0.5) is 0 Å². The van der Waals surface area contributed by atoms with Crippen molar-refractivity contribution in [3.8, 4) is 0 Å². The van der Waals surface area contributed by atoms with Gasteiger partial charge < -0.3 is 9.11 Å². The third-order valence-electron chi connectivity index (χ3n) is 0.757. The van der Waals surface area contributed by atoms with Crippen molar-refractivity contribution >= 4 is 22.2 Å². The number of hydrogen-bond acceptors (Lipinski definition) is 2. The zero-order chi connectivity index (χ0) is 9.98. The summed E-state index contributed by atoms with van der Waals surface area (Å²) < 4.78 is 35.5. The van der Waals surface area contributed by atoms with E-state index in [0.29, 0.717) is 11.5 Å². The van der Waals surface area contributed by atoms with E-state index in [1.807, 2.05) is 13.8 Å². The van der Waals surface area contributed by atoms with Gasteiger partial charge in [-0.15, -0.1) is 0 Å². The Balaban J connectivity index is -0.000000143. The summed E-state index contributed by atoms with van der Waals surface area (Å²) in [6, 6.07) is 0. The third kappa shape index (κ3) is 32.2. The molecule has 0 amide bonds. The molecule has 0 saturated heterocycles. The molecular weight excluding hydrogens is 266 g/mol. The van der Waals surface area contributed by atoms with Gasteiger partial charge in [0.15, 0.2) is 22.2 Å². The van der Waals surface area contributed by atoms with Gasteiger partial charge in [0.05, 0.1) is 0 Å². The summed E-state index contributed by atoms with van der Waals surface area (Å²) in [6.45, 7) is 3.74. The fourth-order valence-electron chi connectivity index (χ4n) is 0.349. The maximum atomic E-state index is 9.71. The molecule has 0 aliphatic heterocycles. The van der Waals surface area contributed by atoms with Crippen LogP contribution in [0.2, 0.25) is 0 Å². The fraction of sp³-hybridized carbons (Fsp3) is 1.00. The van der Waals surface area contributed by atoms with Crippen LogP contribution in [0.15, 0.2) is 0 Å². The zero-order valence-electron chi connectivity index (χ0n) is 8.06. The summed E-state index contributed by atoms with van der Waals surface area (Å²) in [6.07, 6.45) is 1.56. The predicted molar refractivity (Wildman–Crippen MR) is 51.9 cm³/mol. The van der Waals surface area contributed by atoms with Crippen LogP contribution in [0, 0.1) is 0 Å². The first-order chi connectivity index (χ1) is 5.54. The SMILES string of the molecule is CCCS(=O)O.CCCS(=O)O.[Zn]. The second kappa shape index (κ2) is 15.3. The summed E-state index contributed by atoms with van der Waals surface area (Å²) >= 11 is -3.13. The average Bonchev–Trinajstić information content (AvgIpc) is 1.87. The summed E-state index contributed by atoms with van der Waals surface area (Å²) in [5, 5.41) is 0. The Morgan fingerprint density at radius 1 is 0.923 bits per heavy atom. The minimum Gasteiger partial charge on any atom is -0.306 e. The summed E-state index contributed by atoms with van der Waals surface area (Å²) in [5.41, 5.74) is 0. The molecule has 0 aliphatic carbocycles. The zero-order valence-corrected chi connectivity index (χ0v) is 12.7. The second-order valence-electron chi connectivity index (χ2n) is 2.05. The van der Waals surface area contributed by atoms with Crippen LogP contribution in [-0.4, -0.2) is 29.0 Å². The van der Waals surface area contributed by atoms with Crippen molar-refractivity contribution in [1.82, 2.24) is 0 Å². The summed E-state index contributed by atoms with van der Waals surface area (Å²) in [7, 11) is 0. The van der Waals surface area contributed by atoms with Gasteiger partial charge in [-0.2, -0.15) is 0 Å². The monoisotopic (exact) mass is 280 g/mol. The molecule has 0 heterocycles. The first-order valence-electron chi connectivity index (χ1n) is 3.69. The Labute approximate surface area is 97.2 Å². The normalized spacial score (nSPS) is 13.2. The van der Waals surface area contributed by atoms with Gasteiger partial charge >= 0.3 is 0 Å². The molecule has 2 atom stereocenters. The molecular formula is C6H16O4S2Zn. The first-order valence-corrected chi connectivity index (χ1v) is 6.24. The summed E-state index contributed by atoms with van der Waals surface area (Å²) in [4.78, 5) is 0. The van der Waals surface area contributed by atoms with E-state index in [4.69, 9.17) is 9.11 Å². The molecule has 2 N–H and O–H groups in total. The van der Waals surface area contributed by atoms with Crippen LogP contribution >= 0.6 is 0 Å². The van der Waals surface area contributed by atoms with Crippen LogP contribution in [0.25, 0.3) is 0 Å². The quantitative estimate of drug-likeness (QED) is 0.600. The average molecular weight is 282 g/mol. The molecule has 13 heavy (non-hydrogen) atoms. The van der Waals surface area contributed by atoms with Gasteiger partial charge in [-0.25, -0.2) is 8.42 Å². The van der Waals surface area contributed by atoms with Crippen molar-refractivity contribution in [3.05, 3.63) is 0 Å². The van der Waals surface area contributed by atoms with E-state index in [-0.39, 0.29) is 19.5 Å². The van der Waals surface area contributed by atoms with E-state index in [1.165, 1.54) is 0 Å². The molecule has 0 fully saturated rings. The van der Waals surface area contributed by atoms with Crippen molar-refractivity contribution in [1.29, 1.82) is 0 Å². The van der Waals surface area contributed by atoms with Gasteiger partial charge in [0.1, 0.15) is 0 Å². The molecule has 0 saturated carbocycles. The minimum absolute atomic E-state index is 0. The second-order valence-corrected chi connectivity index (χ2v) is 4.15. The van der Waals surface area contributed by atoms with Gasteiger partial charge in [0.2, 0.25) is 0 Å². The largest absolute Gasteiger partial charge is 0.306 e. The molecule has 0 aromatic rings. The van der Waals surface area contributed by atoms with E-state index in [9.17, 15) is 8.42 Å². The van der Waals surface area contributed by atoms with E-state index < -0.39 is 22.2 Å². The van der Waals surface area contributed by atoms with Crippen LogP contribution in [0.1, 0.15) is 26.7 Å². The molecule has 0 aromatic heterocycles. The van der Waals surface area contributed by atoms with Crippen molar-refractivity contribution in [3.63, 3.8) is 0 Å². The van der Waals surface area contributed by atoms with Crippen LogP contribution in [0.5, 0.6) is 0 Å². The maximum Gasteiger partial charge on any atom is 0.152 e. The predicted octanol–water partition coefficient (Wildman–Crippen LogP) is 1.23. The number of rotatable bonds is 4. The molecule has 0 aliphatic rings. The fourth-order valence-corrected chi connectivity index (χ4v) is 1.05. The van der Waals surface area contributed by atoms with Gasteiger partial charge in [-0.05, 0) is 12.8 Å². The summed E-state index contributed by atoms with van der Waals surface area (Å²) in [5.74, 6) is 0.806. The Bertz CT molecular complexity index is 127. The van der Waals surface area contributed by atoms with Crippen LogP contribution in [0.3, 0.4) is 0 Å². The molecule has 0 radical (unpaired) electrons. The van der Waals surface area contributed by atoms with Gasteiger partial charge in [0, 0.05) is 31.0 Å². The van der Waals surface area contributed by atoms with Crippen LogP contribution < -0.4 is 0 Å². The molecule has 7 heteroatoms. The van der Waals surface area contributed by atoms with Gasteiger partial charge in [0.25, 0.3) is 0 Å². The van der Waals surface area contributed by atoms with Gasteiger partial charge in [-0.3, -0.25) is 0 Å². The van der Waals surface area contributed by atoms with E-state index in [1.54, 1.807) is 0 Å². The molecule has 4 nitrogen and oxygen atoms in total. The molecule has 0 bridgehead atoms. The van der Waals surface area contributed by atoms with E-state index in [0.717, 1.165) is 12.8 Å².